The van der Waals surface area contributed by atoms with Gasteiger partial charge in [-0.3, -0.25) is 4.90 Å². The highest BCUT2D eigenvalue weighted by Gasteiger charge is 2.33. The van der Waals surface area contributed by atoms with E-state index in [0.29, 0.717) is 12.1 Å². The van der Waals surface area contributed by atoms with Crippen LogP contribution in [0.1, 0.15) is 19.3 Å². The number of halogens is 1. The molecule has 5 nitrogen and oxygen atoms in total. The third-order valence-electron chi connectivity index (χ3n) is 6.11. The number of pyridine rings is 1. The van der Waals surface area contributed by atoms with Gasteiger partial charge in [0.25, 0.3) is 0 Å². The van der Waals surface area contributed by atoms with E-state index >= 15 is 0 Å². The molecule has 2 fully saturated rings. The van der Waals surface area contributed by atoms with E-state index in [9.17, 15) is 5.11 Å². The zero-order chi connectivity index (χ0) is 18.8. The second kappa shape index (κ2) is 8.31. The van der Waals surface area contributed by atoms with Crippen molar-refractivity contribution in [3.05, 3.63) is 35.4 Å². The number of hydrogen-bond donors (Lipinski definition) is 1. The van der Waals surface area contributed by atoms with Gasteiger partial charge in [0.05, 0.1) is 5.52 Å². The Kier molecular flexibility index (Phi) is 5.83. The molecule has 0 radical (unpaired) electrons. The molecule has 0 aliphatic carbocycles. The number of anilines is 1. The first kappa shape index (κ1) is 18.9. The molecule has 1 atom stereocenters. The van der Waals surface area contributed by atoms with E-state index in [1.54, 1.807) is 0 Å². The van der Waals surface area contributed by atoms with Gasteiger partial charge in [-0.15, -0.1) is 0 Å². The number of nitrogens with zero attached hydrogens (tertiary/aromatic N) is 4. The molecule has 0 spiro atoms. The van der Waals surface area contributed by atoms with E-state index in [4.69, 9.17) is 16.6 Å². The van der Waals surface area contributed by atoms with Crippen molar-refractivity contribution >= 4 is 28.3 Å². The molecule has 0 saturated carbocycles. The van der Waals surface area contributed by atoms with Crippen LogP contribution in [0.5, 0.6) is 0 Å². The van der Waals surface area contributed by atoms with Gasteiger partial charge in [0.15, 0.2) is 0 Å². The summed E-state index contributed by atoms with van der Waals surface area (Å²) in [4.78, 5) is 12.3. The van der Waals surface area contributed by atoms with Crippen molar-refractivity contribution in [2.75, 3.05) is 51.3 Å². The predicted molar refractivity (Wildman–Crippen MR) is 112 cm³/mol. The van der Waals surface area contributed by atoms with Gasteiger partial charge in [0, 0.05) is 48.7 Å². The molecular weight excluding hydrogens is 360 g/mol. The molecular formula is C21H29ClN4O. The lowest BCUT2D eigenvalue weighted by Gasteiger charge is -2.47. The molecule has 0 amide bonds. The largest absolute Gasteiger partial charge is 0.396 e. The molecule has 2 aliphatic rings. The van der Waals surface area contributed by atoms with Gasteiger partial charge in [0.1, 0.15) is 5.82 Å². The molecule has 1 aromatic heterocycles. The van der Waals surface area contributed by atoms with Gasteiger partial charge in [-0.1, -0.05) is 11.6 Å². The first-order chi connectivity index (χ1) is 13.1. The van der Waals surface area contributed by atoms with Crippen LogP contribution in [0, 0.1) is 0 Å². The first-order valence-corrected chi connectivity index (χ1v) is 10.4. The van der Waals surface area contributed by atoms with Crippen LogP contribution in [-0.4, -0.2) is 78.4 Å². The summed E-state index contributed by atoms with van der Waals surface area (Å²) in [7, 11) is 2.21. The number of piperazine rings is 1. The van der Waals surface area contributed by atoms with Gasteiger partial charge in [-0.2, -0.15) is 0 Å². The van der Waals surface area contributed by atoms with Crippen molar-refractivity contribution in [2.24, 2.45) is 0 Å². The van der Waals surface area contributed by atoms with Gasteiger partial charge >= 0.3 is 0 Å². The third-order valence-corrected chi connectivity index (χ3v) is 6.34. The molecule has 2 aromatic rings. The Bertz CT molecular complexity index is 778. The third kappa shape index (κ3) is 4.21. The second-order valence-electron chi connectivity index (χ2n) is 7.89. The van der Waals surface area contributed by atoms with Gasteiger partial charge in [-0.25, -0.2) is 4.98 Å². The maximum absolute atomic E-state index is 9.62. The molecule has 0 bridgehead atoms. The fourth-order valence-electron chi connectivity index (χ4n) is 4.55. The summed E-state index contributed by atoms with van der Waals surface area (Å²) in [5.41, 5.74) is 0.980. The number of piperidine rings is 1. The lowest BCUT2D eigenvalue weighted by molar-refractivity contribution is 0.0596. The average molecular weight is 389 g/mol. The fraction of sp³-hybridized carbons (Fsp3) is 0.571. The van der Waals surface area contributed by atoms with Crippen LogP contribution >= 0.6 is 11.6 Å². The van der Waals surface area contributed by atoms with Crippen LogP contribution in [0.3, 0.4) is 0 Å². The number of aromatic nitrogens is 1. The van der Waals surface area contributed by atoms with Crippen molar-refractivity contribution in [1.29, 1.82) is 0 Å². The standard InChI is InChI=1S/C21H29ClN4O/c1-24-9-6-18(7-10-24)26-12-11-25(15-19(26)8-13-27)21-5-2-16-14-17(22)3-4-20(16)23-21/h2-5,14,18-19,27H,6-13,15H2,1H3. The van der Waals surface area contributed by atoms with Gasteiger partial charge in [0.2, 0.25) is 0 Å². The van der Waals surface area contributed by atoms with Crippen LogP contribution < -0.4 is 4.90 Å². The second-order valence-corrected chi connectivity index (χ2v) is 8.33. The molecule has 1 unspecified atom stereocenters. The number of hydrogen-bond acceptors (Lipinski definition) is 5. The zero-order valence-electron chi connectivity index (χ0n) is 16.0. The minimum Gasteiger partial charge on any atom is -0.396 e. The lowest BCUT2D eigenvalue weighted by atomic mass is 9.98. The molecule has 4 rings (SSSR count). The smallest absolute Gasteiger partial charge is 0.129 e. The molecule has 2 aliphatic heterocycles. The Balaban J connectivity index is 1.50. The zero-order valence-corrected chi connectivity index (χ0v) is 16.8. The Morgan fingerprint density at radius 2 is 1.93 bits per heavy atom. The summed E-state index contributed by atoms with van der Waals surface area (Å²) in [6.45, 7) is 5.54. The number of likely N-dealkylation sites (tertiary alicyclic amines) is 1. The maximum Gasteiger partial charge on any atom is 0.129 e. The van der Waals surface area contributed by atoms with E-state index in [1.807, 2.05) is 18.2 Å². The molecule has 6 heteroatoms. The fourth-order valence-corrected chi connectivity index (χ4v) is 4.73. The van der Waals surface area contributed by atoms with E-state index in [0.717, 1.165) is 47.8 Å². The minimum absolute atomic E-state index is 0.241. The van der Waals surface area contributed by atoms with Crippen molar-refractivity contribution in [3.63, 3.8) is 0 Å². The Morgan fingerprint density at radius 1 is 1.11 bits per heavy atom. The molecule has 146 valence electrons. The number of rotatable bonds is 4. The van der Waals surface area contributed by atoms with Crippen LogP contribution in [0.2, 0.25) is 5.02 Å². The first-order valence-electron chi connectivity index (χ1n) is 10.0. The van der Waals surface area contributed by atoms with Crippen LogP contribution in [0.25, 0.3) is 10.9 Å². The van der Waals surface area contributed by atoms with Crippen molar-refractivity contribution in [3.8, 4) is 0 Å². The molecule has 3 heterocycles. The average Bonchev–Trinajstić information content (AvgIpc) is 2.68. The van der Waals surface area contributed by atoms with E-state index in [1.165, 1.54) is 25.9 Å². The molecule has 2 saturated heterocycles. The van der Waals surface area contributed by atoms with Crippen molar-refractivity contribution in [2.45, 2.75) is 31.3 Å². The quantitative estimate of drug-likeness (QED) is 0.872. The highest BCUT2D eigenvalue weighted by molar-refractivity contribution is 6.31. The summed E-state index contributed by atoms with van der Waals surface area (Å²) in [6, 6.07) is 11.1. The Hall–Kier alpha value is -1.40. The molecule has 27 heavy (non-hydrogen) atoms. The number of aliphatic hydroxyl groups excluding tert-OH is 1. The number of fused-ring (bicyclic) bond motifs is 1. The Labute approximate surface area is 166 Å². The van der Waals surface area contributed by atoms with E-state index in [-0.39, 0.29) is 6.61 Å². The highest BCUT2D eigenvalue weighted by Crippen LogP contribution is 2.27. The van der Waals surface area contributed by atoms with Crippen molar-refractivity contribution in [1.82, 2.24) is 14.8 Å². The Morgan fingerprint density at radius 3 is 2.70 bits per heavy atom. The summed E-state index contributed by atoms with van der Waals surface area (Å²) >= 11 is 6.09. The van der Waals surface area contributed by atoms with Gasteiger partial charge < -0.3 is 14.9 Å². The summed E-state index contributed by atoms with van der Waals surface area (Å²) in [6.07, 6.45) is 3.28. The topological polar surface area (TPSA) is 42.8 Å². The molecule has 1 aromatic carbocycles. The van der Waals surface area contributed by atoms with Crippen LogP contribution in [0.15, 0.2) is 30.3 Å². The van der Waals surface area contributed by atoms with E-state index < -0.39 is 0 Å². The van der Waals surface area contributed by atoms with Crippen LogP contribution in [0.4, 0.5) is 5.82 Å². The predicted octanol–water partition coefficient (Wildman–Crippen LogP) is 2.86. The minimum atomic E-state index is 0.241. The van der Waals surface area contributed by atoms with Crippen LogP contribution in [-0.2, 0) is 0 Å². The normalized spacial score (nSPS) is 23.2. The summed E-state index contributed by atoms with van der Waals surface area (Å²) in [5, 5.41) is 11.4. The summed E-state index contributed by atoms with van der Waals surface area (Å²) in [5.74, 6) is 1.02. The van der Waals surface area contributed by atoms with Gasteiger partial charge in [-0.05, 0) is 69.7 Å². The number of aliphatic hydroxyl groups is 1. The SMILES string of the molecule is CN1CCC(N2CCN(c3ccc4cc(Cl)ccc4n3)CC2CCO)CC1. The number of benzene rings is 1. The summed E-state index contributed by atoms with van der Waals surface area (Å²) < 4.78 is 0. The van der Waals surface area contributed by atoms with E-state index in [2.05, 4.69) is 33.9 Å². The molecule has 1 N–H and O–H groups in total. The highest BCUT2D eigenvalue weighted by atomic mass is 35.5. The lowest BCUT2D eigenvalue weighted by Crippen LogP contribution is -2.58. The monoisotopic (exact) mass is 388 g/mol. The van der Waals surface area contributed by atoms with Crippen molar-refractivity contribution < 1.29 is 5.11 Å². The maximum atomic E-state index is 9.62.